The van der Waals surface area contributed by atoms with Gasteiger partial charge in [-0.3, -0.25) is 19.5 Å². The van der Waals surface area contributed by atoms with Crippen LogP contribution in [0, 0.1) is 0 Å². The Labute approximate surface area is 256 Å². The zero-order chi connectivity index (χ0) is 31.0. The zero-order valence-electron chi connectivity index (χ0n) is 25.9. The molecule has 1 unspecified atom stereocenters. The van der Waals surface area contributed by atoms with E-state index >= 15 is 0 Å². The molecule has 0 bridgehead atoms. The molecule has 2 aliphatic rings. The Morgan fingerprint density at radius 3 is 2.52 bits per heavy atom. The van der Waals surface area contributed by atoms with Gasteiger partial charge in [0.2, 0.25) is 11.9 Å². The lowest BCUT2D eigenvalue weighted by Gasteiger charge is -2.37. The summed E-state index contributed by atoms with van der Waals surface area (Å²) in [5.74, 6) is 0.967. The highest BCUT2D eigenvalue weighted by Crippen LogP contribution is 2.28. The van der Waals surface area contributed by atoms with Crippen LogP contribution in [-0.4, -0.2) is 97.5 Å². The van der Waals surface area contributed by atoms with E-state index in [0.717, 1.165) is 49.4 Å². The Balaban J connectivity index is 1.16. The molecular formula is C31H39N11O2. The van der Waals surface area contributed by atoms with Crippen LogP contribution in [0.15, 0.2) is 49.1 Å². The summed E-state index contributed by atoms with van der Waals surface area (Å²) in [4.78, 5) is 49.9. The number of nitrogens with zero attached hydrogens (tertiary/aromatic N) is 9. The van der Waals surface area contributed by atoms with Crippen molar-refractivity contribution in [2.24, 2.45) is 0 Å². The number of fused-ring (bicyclic) bond motifs is 1. The molecule has 6 rings (SSSR count). The van der Waals surface area contributed by atoms with E-state index in [1.807, 2.05) is 38.4 Å². The van der Waals surface area contributed by atoms with Crippen LogP contribution in [0.5, 0.6) is 0 Å². The first-order valence-corrected chi connectivity index (χ1v) is 15.0. The number of amides is 2. The number of piperazine rings is 1. The number of hydrogen-bond donors (Lipinski definition) is 2. The molecule has 2 amide bonds. The van der Waals surface area contributed by atoms with Crippen molar-refractivity contribution < 1.29 is 9.59 Å². The van der Waals surface area contributed by atoms with Crippen molar-refractivity contribution in [3.63, 3.8) is 0 Å². The van der Waals surface area contributed by atoms with E-state index in [0.29, 0.717) is 29.7 Å². The molecule has 5 heterocycles. The molecule has 2 N–H and O–H groups in total. The Morgan fingerprint density at radius 1 is 1.00 bits per heavy atom. The summed E-state index contributed by atoms with van der Waals surface area (Å²) in [7, 11) is 3.83. The van der Waals surface area contributed by atoms with E-state index in [1.165, 1.54) is 0 Å². The normalized spacial score (nSPS) is 19.8. The second-order valence-corrected chi connectivity index (χ2v) is 12.6. The van der Waals surface area contributed by atoms with E-state index in [9.17, 15) is 9.59 Å². The van der Waals surface area contributed by atoms with Gasteiger partial charge in [0.15, 0.2) is 11.5 Å². The van der Waals surface area contributed by atoms with E-state index in [2.05, 4.69) is 56.2 Å². The highest BCUT2D eigenvalue weighted by molar-refractivity contribution is 5.92. The van der Waals surface area contributed by atoms with Gasteiger partial charge >= 0.3 is 0 Å². The van der Waals surface area contributed by atoms with Gasteiger partial charge in [-0.25, -0.2) is 14.5 Å². The van der Waals surface area contributed by atoms with Crippen molar-refractivity contribution >= 4 is 34.9 Å². The van der Waals surface area contributed by atoms with E-state index in [-0.39, 0.29) is 29.3 Å². The Bertz CT molecular complexity index is 1650. The van der Waals surface area contributed by atoms with E-state index < -0.39 is 0 Å². The third-order valence-electron chi connectivity index (χ3n) is 8.26. The number of anilines is 3. The third-order valence-corrected chi connectivity index (χ3v) is 8.26. The number of nitrogens with one attached hydrogen (secondary N) is 2. The SMILES string of the molecule is CN1CCN(C)C(c2ccc(Nc3nc(N4CCC[C@H](NC(=O)c5cnc(C(C)(C)C)cn5)C4)nn4ccnc34)cc2)C1=O. The molecule has 2 atom stereocenters. The number of benzene rings is 1. The zero-order valence-corrected chi connectivity index (χ0v) is 25.9. The molecule has 2 aliphatic heterocycles. The summed E-state index contributed by atoms with van der Waals surface area (Å²) in [5, 5.41) is 11.2. The number of imidazole rings is 1. The Kier molecular flexibility index (Phi) is 7.89. The topological polar surface area (TPSA) is 137 Å². The molecule has 2 saturated heterocycles. The molecule has 44 heavy (non-hydrogen) atoms. The van der Waals surface area contributed by atoms with Crippen LogP contribution in [0.25, 0.3) is 5.65 Å². The van der Waals surface area contributed by atoms with Gasteiger partial charge in [0, 0.05) is 69.0 Å². The molecule has 2 fully saturated rings. The van der Waals surface area contributed by atoms with Gasteiger partial charge in [0.1, 0.15) is 11.7 Å². The van der Waals surface area contributed by atoms with Crippen molar-refractivity contribution in [1.29, 1.82) is 0 Å². The highest BCUT2D eigenvalue weighted by atomic mass is 16.2. The number of likely N-dealkylation sites (N-methyl/N-ethyl adjacent to an activating group) is 2. The molecule has 4 aromatic rings. The molecule has 0 radical (unpaired) electrons. The smallest absolute Gasteiger partial charge is 0.271 e. The van der Waals surface area contributed by atoms with Gasteiger partial charge in [0.05, 0.1) is 11.9 Å². The standard InChI is InChI=1S/C31H39N11O2/c1-31(2,3)24-18-33-23(17-34-24)28(43)36-22-7-6-13-41(19-22)30-37-26(27-32-12-14-42(27)38-30)35-21-10-8-20(9-11-21)25-29(44)40(5)16-15-39(25)4/h8-12,14,17-18,22,25H,6-7,13,15-16,19H2,1-5H3,(H,36,43)(H,35,37,38)/t22-,25?/m0/s1. The van der Waals surface area contributed by atoms with Crippen LogP contribution in [-0.2, 0) is 10.2 Å². The lowest BCUT2D eigenvalue weighted by Crippen LogP contribution is -2.48. The number of piperidine rings is 1. The van der Waals surface area contributed by atoms with Gasteiger partial charge in [-0.15, -0.1) is 5.10 Å². The molecule has 0 aliphatic carbocycles. The van der Waals surface area contributed by atoms with Crippen molar-refractivity contribution in [2.45, 2.75) is 51.1 Å². The van der Waals surface area contributed by atoms with Gasteiger partial charge in [-0.1, -0.05) is 32.9 Å². The molecule has 0 saturated carbocycles. The quantitative estimate of drug-likeness (QED) is 0.341. The first-order chi connectivity index (χ1) is 21.1. The number of hydrogen-bond acceptors (Lipinski definition) is 10. The van der Waals surface area contributed by atoms with Crippen LogP contribution < -0.4 is 15.5 Å². The highest BCUT2D eigenvalue weighted by Gasteiger charge is 2.32. The average Bonchev–Trinajstić information content (AvgIpc) is 3.49. The number of carbonyl (C=O) groups is 2. The Morgan fingerprint density at radius 2 is 1.80 bits per heavy atom. The van der Waals surface area contributed by atoms with E-state index in [1.54, 1.807) is 34.2 Å². The van der Waals surface area contributed by atoms with Crippen LogP contribution in [0.1, 0.15) is 61.4 Å². The maximum absolute atomic E-state index is 13.0. The largest absolute Gasteiger partial charge is 0.346 e. The van der Waals surface area contributed by atoms with E-state index in [4.69, 9.17) is 10.1 Å². The lowest BCUT2D eigenvalue weighted by molar-refractivity contribution is -0.139. The Hall–Kier alpha value is -4.65. The number of aromatic nitrogens is 6. The monoisotopic (exact) mass is 597 g/mol. The molecule has 13 nitrogen and oxygen atoms in total. The van der Waals surface area contributed by atoms with Gasteiger partial charge in [-0.05, 0) is 37.6 Å². The fourth-order valence-electron chi connectivity index (χ4n) is 5.63. The van der Waals surface area contributed by atoms with Crippen LogP contribution in [0.4, 0.5) is 17.5 Å². The molecular weight excluding hydrogens is 558 g/mol. The second kappa shape index (κ2) is 11.8. The molecule has 230 valence electrons. The number of carbonyl (C=O) groups excluding carboxylic acids is 2. The third kappa shape index (κ3) is 6.05. The van der Waals surface area contributed by atoms with Crippen LogP contribution in [0.3, 0.4) is 0 Å². The van der Waals surface area contributed by atoms with Crippen molar-refractivity contribution in [1.82, 2.24) is 44.7 Å². The summed E-state index contributed by atoms with van der Waals surface area (Å²) < 4.78 is 1.71. The first-order valence-electron chi connectivity index (χ1n) is 15.0. The average molecular weight is 598 g/mol. The second-order valence-electron chi connectivity index (χ2n) is 12.6. The van der Waals surface area contributed by atoms with Crippen LogP contribution in [0.2, 0.25) is 0 Å². The maximum Gasteiger partial charge on any atom is 0.271 e. The molecule has 0 spiro atoms. The molecule has 3 aromatic heterocycles. The minimum absolute atomic E-state index is 0.0916. The van der Waals surface area contributed by atoms with Gasteiger partial charge in [-0.2, -0.15) is 4.98 Å². The predicted molar refractivity (Wildman–Crippen MR) is 167 cm³/mol. The summed E-state index contributed by atoms with van der Waals surface area (Å²) in [5.41, 5.74) is 3.37. The van der Waals surface area contributed by atoms with Crippen LogP contribution >= 0.6 is 0 Å². The number of rotatable bonds is 6. The summed E-state index contributed by atoms with van der Waals surface area (Å²) >= 11 is 0. The molecule has 13 heteroatoms. The summed E-state index contributed by atoms with van der Waals surface area (Å²) in [6.07, 6.45) is 8.41. The van der Waals surface area contributed by atoms with Crippen molar-refractivity contribution in [2.75, 3.05) is 50.5 Å². The first kappa shape index (κ1) is 29.4. The fourth-order valence-corrected chi connectivity index (χ4v) is 5.63. The maximum atomic E-state index is 13.0. The summed E-state index contributed by atoms with van der Waals surface area (Å²) in [6.45, 7) is 9.06. The fraction of sp³-hybridized carbons (Fsp3) is 0.452. The minimum atomic E-state index is -0.296. The predicted octanol–water partition coefficient (Wildman–Crippen LogP) is 2.80. The van der Waals surface area contributed by atoms with Gasteiger partial charge < -0.3 is 20.4 Å². The van der Waals surface area contributed by atoms with Gasteiger partial charge in [0.25, 0.3) is 5.91 Å². The summed E-state index contributed by atoms with van der Waals surface area (Å²) in [6, 6.07) is 7.47. The minimum Gasteiger partial charge on any atom is -0.346 e. The van der Waals surface area contributed by atoms with Crippen molar-refractivity contribution in [3.05, 3.63) is 66.0 Å². The molecule has 1 aromatic carbocycles. The lowest BCUT2D eigenvalue weighted by atomic mass is 9.93. The van der Waals surface area contributed by atoms with Crippen molar-refractivity contribution in [3.8, 4) is 0 Å².